The molecular weight excluding hydrogens is 198 g/mol. The maximum atomic E-state index is 9.57. The second kappa shape index (κ2) is 4.56. The number of nitrogens with one attached hydrogen (secondary N) is 1. The highest BCUT2D eigenvalue weighted by molar-refractivity contribution is 5.40. The monoisotopic (exact) mass is 219 g/mol. The van der Waals surface area contributed by atoms with Gasteiger partial charge < -0.3 is 10.4 Å². The first-order chi connectivity index (χ1) is 7.56. The Hall–Kier alpha value is -0.860. The third-order valence-electron chi connectivity index (χ3n) is 3.27. The van der Waals surface area contributed by atoms with Crippen LogP contribution in [-0.4, -0.2) is 23.8 Å². The van der Waals surface area contributed by atoms with Crippen LogP contribution >= 0.6 is 0 Å². The van der Waals surface area contributed by atoms with Crippen LogP contribution in [0.3, 0.4) is 0 Å². The third kappa shape index (κ3) is 2.83. The lowest BCUT2D eigenvalue weighted by molar-refractivity contribution is 0.0711. The SMILES string of the molecule is CC(C)(O)CCNCC1Cc2ccccc21. The average molecular weight is 219 g/mol. The lowest BCUT2D eigenvalue weighted by Crippen LogP contribution is -2.32. The van der Waals surface area contributed by atoms with Gasteiger partial charge in [-0.15, -0.1) is 0 Å². The van der Waals surface area contributed by atoms with Crippen LogP contribution < -0.4 is 5.32 Å². The Morgan fingerprint density at radius 3 is 2.81 bits per heavy atom. The summed E-state index contributed by atoms with van der Waals surface area (Å²) in [6.45, 7) is 5.63. The quantitative estimate of drug-likeness (QED) is 0.743. The molecule has 0 spiro atoms. The molecule has 0 aliphatic heterocycles. The molecule has 1 aromatic carbocycles. The van der Waals surface area contributed by atoms with E-state index >= 15 is 0 Å². The third-order valence-corrected chi connectivity index (χ3v) is 3.27. The molecular formula is C14H21NO. The van der Waals surface area contributed by atoms with Crippen molar-refractivity contribution in [3.05, 3.63) is 35.4 Å². The first-order valence-electron chi connectivity index (χ1n) is 6.07. The fourth-order valence-electron chi connectivity index (χ4n) is 2.22. The summed E-state index contributed by atoms with van der Waals surface area (Å²) in [4.78, 5) is 0. The van der Waals surface area contributed by atoms with Gasteiger partial charge in [0, 0.05) is 12.5 Å². The van der Waals surface area contributed by atoms with Crippen molar-refractivity contribution < 1.29 is 5.11 Å². The topological polar surface area (TPSA) is 32.3 Å². The number of hydrogen-bond acceptors (Lipinski definition) is 2. The van der Waals surface area contributed by atoms with Crippen LogP contribution in [0.4, 0.5) is 0 Å². The molecule has 16 heavy (non-hydrogen) atoms. The van der Waals surface area contributed by atoms with Gasteiger partial charge in [0.2, 0.25) is 0 Å². The van der Waals surface area contributed by atoms with Crippen LogP contribution in [0.5, 0.6) is 0 Å². The minimum atomic E-state index is -0.551. The van der Waals surface area contributed by atoms with Gasteiger partial charge in [0.25, 0.3) is 0 Å². The number of fused-ring (bicyclic) bond motifs is 1. The van der Waals surface area contributed by atoms with Crippen molar-refractivity contribution in [3.8, 4) is 0 Å². The van der Waals surface area contributed by atoms with Gasteiger partial charge >= 0.3 is 0 Å². The molecule has 1 aromatic rings. The Bertz CT molecular complexity index is 354. The average Bonchev–Trinajstić information content (AvgIpc) is 2.17. The second-order valence-electron chi connectivity index (χ2n) is 5.37. The van der Waals surface area contributed by atoms with E-state index in [1.807, 2.05) is 13.8 Å². The fourth-order valence-corrected chi connectivity index (χ4v) is 2.22. The highest BCUT2D eigenvalue weighted by atomic mass is 16.3. The van der Waals surface area contributed by atoms with E-state index in [2.05, 4.69) is 29.6 Å². The summed E-state index contributed by atoms with van der Waals surface area (Å²) in [6, 6.07) is 8.66. The fraction of sp³-hybridized carbons (Fsp3) is 0.571. The Kier molecular flexibility index (Phi) is 3.31. The molecule has 2 heteroatoms. The zero-order chi connectivity index (χ0) is 11.6. The van der Waals surface area contributed by atoms with Crippen LogP contribution in [0.1, 0.15) is 37.3 Å². The summed E-state index contributed by atoms with van der Waals surface area (Å²) in [6.07, 6.45) is 2.01. The zero-order valence-electron chi connectivity index (χ0n) is 10.2. The van der Waals surface area contributed by atoms with Crippen LogP contribution in [0.15, 0.2) is 24.3 Å². The van der Waals surface area contributed by atoms with Crippen molar-refractivity contribution in [1.29, 1.82) is 0 Å². The van der Waals surface area contributed by atoms with Gasteiger partial charge in [-0.3, -0.25) is 0 Å². The largest absolute Gasteiger partial charge is 0.390 e. The van der Waals surface area contributed by atoms with Crippen LogP contribution in [-0.2, 0) is 6.42 Å². The summed E-state index contributed by atoms with van der Waals surface area (Å²) in [5, 5.41) is 13.0. The van der Waals surface area contributed by atoms with Gasteiger partial charge in [0.05, 0.1) is 5.60 Å². The molecule has 2 N–H and O–H groups in total. The molecule has 0 amide bonds. The number of hydrogen-bond donors (Lipinski definition) is 2. The van der Waals surface area contributed by atoms with Gasteiger partial charge in [0.15, 0.2) is 0 Å². The van der Waals surface area contributed by atoms with E-state index < -0.39 is 5.60 Å². The number of rotatable bonds is 5. The van der Waals surface area contributed by atoms with Crippen molar-refractivity contribution in [1.82, 2.24) is 5.32 Å². The van der Waals surface area contributed by atoms with Crippen molar-refractivity contribution in [3.63, 3.8) is 0 Å². The van der Waals surface area contributed by atoms with E-state index in [1.54, 1.807) is 0 Å². The van der Waals surface area contributed by atoms with E-state index in [0.717, 1.165) is 19.5 Å². The van der Waals surface area contributed by atoms with E-state index in [1.165, 1.54) is 17.5 Å². The van der Waals surface area contributed by atoms with Gasteiger partial charge in [-0.05, 0) is 44.4 Å². The predicted molar refractivity (Wildman–Crippen MR) is 66.7 cm³/mol. The Labute approximate surface area is 97.7 Å². The van der Waals surface area contributed by atoms with Crippen LogP contribution in [0.25, 0.3) is 0 Å². The first-order valence-corrected chi connectivity index (χ1v) is 6.07. The van der Waals surface area contributed by atoms with Gasteiger partial charge in [-0.2, -0.15) is 0 Å². The number of benzene rings is 1. The summed E-state index contributed by atoms with van der Waals surface area (Å²) >= 11 is 0. The van der Waals surface area contributed by atoms with Gasteiger partial charge in [-0.25, -0.2) is 0 Å². The molecule has 1 atom stereocenters. The van der Waals surface area contributed by atoms with E-state index in [9.17, 15) is 5.11 Å². The minimum absolute atomic E-state index is 0.551. The minimum Gasteiger partial charge on any atom is -0.390 e. The first kappa shape index (κ1) is 11.6. The molecule has 0 radical (unpaired) electrons. The summed E-state index contributed by atoms with van der Waals surface area (Å²) < 4.78 is 0. The maximum absolute atomic E-state index is 9.57. The molecule has 1 aliphatic rings. The molecule has 2 rings (SSSR count). The van der Waals surface area contributed by atoms with Crippen molar-refractivity contribution in [2.45, 2.75) is 38.2 Å². The molecule has 0 aromatic heterocycles. The van der Waals surface area contributed by atoms with Crippen LogP contribution in [0, 0.1) is 0 Å². The highest BCUT2D eigenvalue weighted by Gasteiger charge is 2.24. The van der Waals surface area contributed by atoms with E-state index in [4.69, 9.17) is 0 Å². The smallest absolute Gasteiger partial charge is 0.0603 e. The molecule has 0 bridgehead atoms. The zero-order valence-corrected chi connectivity index (χ0v) is 10.2. The molecule has 0 fully saturated rings. The predicted octanol–water partition coefficient (Wildman–Crippen LogP) is 2.08. The highest BCUT2D eigenvalue weighted by Crippen LogP contribution is 2.33. The van der Waals surface area contributed by atoms with Crippen molar-refractivity contribution in [2.24, 2.45) is 0 Å². The Balaban J connectivity index is 1.70. The van der Waals surface area contributed by atoms with Gasteiger partial charge in [0.1, 0.15) is 0 Å². The van der Waals surface area contributed by atoms with Crippen molar-refractivity contribution in [2.75, 3.05) is 13.1 Å². The summed E-state index contributed by atoms with van der Waals surface area (Å²) in [5.74, 6) is 0.679. The van der Waals surface area contributed by atoms with Gasteiger partial charge in [-0.1, -0.05) is 24.3 Å². The summed E-state index contributed by atoms with van der Waals surface area (Å²) in [5.41, 5.74) is 2.44. The molecule has 0 saturated carbocycles. The van der Waals surface area contributed by atoms with E-state index in [0.29, 0.717) is 5.92 Å². The lowest BCUT2D eigenvalue weighted by atomic mass is 9.77. The summed E-state index contributed by atoms with van der Waals surface area (Å²) in [7, 11) is 0. The molecule has 2 nitrogen and oxygen atoms in total. The molecule has 0 heterocycles. The Morgan fingerprint density at radius 2 is 2.12 bits per heavy atom. The maximum Gasteiger partial charge on any atom is 0.0603 e. The molecule has 1 unspecified atom stereocenters. The normalized spacial score (nSPS) is 19.1. The second-order valence-corrected chi connectivity index (χ2v) is 5.37. The number of aliphatic hydroxyl groups is 1. The standard InChI is InChI=1S/C14H21NO/c1-14(2,16)7-8-15-10-12-9-11-5-3-4-6-13(11)12/h3-6,12,15-16H,7-10H2,1-2H3. The molecule has 1 aliphatic carbocycles. The lowest BCUT2D eigenvalue weighted by Gasteiger charge is -2.30. The van der Waals surface area contributed by atoms with Crippen LogP contribution in [0.2, 0.25) is 0 Å². The molecule has 0 saturated heterocycles. The Morgan fingerprint density at radius 1 is 1.38 bits per heavy atom. The molecule has 88 valence electrons. The van der Waals surface area contributed by atoms with Crippen molar-refractivity contribution >= 4 is 0 Å². The van der Waals surface area contributed by atoms with E-state index in [-0.39, 0.29) is 0 Å².